The van der Waals surface area contributed by atoms with Crippen LogP contribution < -0.4 is 0 Å². The normalized spacial score (nSPS) is 10.5. The molecule has 1 aromatic heterocycles. The van der Waals surface area contributed by atoms with Gasteiger partial charge in [-0.1, -0.05) is 19.9 Å². The summed E-state index contributed by atoms with van der Waals surface area (Å²) >= 11 is 0. The number of hydrogen-bond acceptors (Lipinski definition) is 2. The van der Waals surface area contributed by atoms with Gasteiger partial charge in [0, 0.05) is 25.2 Å². The van der Waals surface area contributed by atoms with Crippen LogP contribution in [0.3, 0.4) is 0 Å². The lowest BCUT2D eigenvalue weighted by Crippen LogP contribution is -2.04. The van der Waals surface area contributed by atoms with Crippen molar-refractivity contribution in [1.29, 1.82) is 0 Å². The maximum atomic E-state index is 11.5. The number of nitrogens with zero attached hydrogens (tertiary/aromatic N) is 1. The smallest absolute Gasteiger partial charge is 0.137 e. The highest BCUT2D eigenvalue weighted by Gasteiger charge is 2.04. The second-order valence-corrected chi connectivity index (χ2v) is 4.01. The van der Waals surface area contributed by atoms with Gasteiger partial charge in [-0.3, -0.25) is 9.78 Å². The first kappa shape index (κ1) is 10.9. The molecule has 0 aliphatic rings. The number of hydrogen-bond donors (Lipinski definition) is 0. The maximum Gasteiger partial charge on any atom is 0.137 e. The van der Waals surface area contributed by atoms with Crippen molar-refractivity contribution in [2.75, 3.05) is 0 Å². The number of aromatic nitrogens is 1. The predicted molar refractivity (Wildman–Crippen MR) is 57.0 cm³/mol. The van der Waals surface area contributed by atoms with Crippen LogP contribution >= 0.6 is 0 Å². The Bertz CT molecular complexity index is 280. The van der Waals surface area contributed by atoms with Crippen LogP contribution in [0.5, 0.6) is 0 Å². The summed E-state index contributed by atoms with van der Waals surface area (Å²) in [5.74, 6) is 0.916. The molecule has 1 aromatic rings. The van der Waals surface area contributed by atoms with Crippen LogP contribution in [0.1, 0.15) is 32.3 Å². The molecule has 76 valence electrons. The number of ketones is 1. The highest BCUT2D eigenvalue weighted by atomic mass is 16.1. The van der Waals surface area contributed by atoms with E-state index in [1.165, 1.54) is 0 Å². The summed E-state index contributed by atoms with van der Waals surface area (Å²) in [7, 11) is 0. The largest absolute Gasteiger partial charge is 0.299 e. The molecule has 0 aliphatic heterocycles. The Morgan fingerprint density at radius 3 is 2.86 bits per heavy atom. The Hall–Kier alpha value is -1.18. The van der Waals surface area contributed by atoms with Crippen molar-refractivity contribution < 1.29 is 4.79 Å². The van der Waals surface area contributed by atoms with Crippen molar-refractivity contribution in [2.24, 2.45) is 5.92 Å². The van der Waals surface area contributed by atoms with E-state index in [2.05, 4.69) is 18.8 Å². The van der Waals surface area contributed by atoms with E-state index in [0.717, 1.165) is 12.0 Å². The molecule has 0 spiro atoms. The van der Waals surface area contributed by atoms with Crippen LogP contribution in [0, 0.1) is 5.92 Å². The van der Waals surface area contributed by atoms with Gasteiger partial charge in [-0.2, -0.15) is 0 Å². The molecule has 0 atom stereocenters. The topological polar surface area (TPSA) is 30.0 Å². The Morgan fingerprint density at radius 1 is 1.50 bits per heavy atom. The van der Waals surface area contributed by atoms with Gasteiger partial charge in [0.15, 0.2) is 0 Å². The summed E-state index contributed by atoms with van der Waals surface area (Å²) < 4.78 is 0. The van der Waals surface area contributed by atoms with Gasteiger partial charge in [-0.05, 0) is 24.0 Å². The monoisotopic (exact) mass is 191 g/mol. The van der Waals surface area contributed by atoms with E-state index in [4.69, 9.17) is 0 Å². The molecule has 0 fully saturated rings. The van der Waals surface area contributed by atoms with E-state index < -0.39 is 0 Å². The number of carbonyl (C=O) groups is 1. The van der Waals surface area contributed by atoms with Crippen LogP contribution in [0.25, 0.3) is 0 Å². The van der Waals surface area contributed by atoms with Crippen molar-refractivity contribution in [3.63, 3.8) is 0 Å². The molecule has 0 radical (unpaired) electrons. The summed E-state index contributed by atoms with van der Waals surface area (Å²) in [4.78, 5) is 15.5. The number of carbonyl (C=O) groups excluding carboxylic acids is 1. The molecule has 0 unspecified atom stereocenters. The number of Topliss-reactive ketones (excluding diaryl/α,β-unsaturated/α-hetero) is 1. The zero-order valence-corrected chi connectivity index (χ0v) is 8.86. The highest BCUT2D eigenvalue weighted by molar-refractivity contribution is 5.80. The lowest BCUT2D eigenvalue weighted by molar-refractivity contribution is -0.118. The third-order valence-corrected chi connectivity index (χ3v) is 2.12. The second kappa shape index (κ2) is 5.53. The SMILES string of the molecule is CC(C)CCC(=O)Cc1cccnc1. The van der Waals surface area contributed by atoms with Crippen molar-refractivity contribution in [2.45, 2.75) is 33.1 Å². The molecule has 1 heterocycles. The lowest BCUT2D eigenvalue weighted by Gasteiger charge is -2.03. The first-order valence-electron chi connectivity index (χ1n) is 5.09. The minimum Gasteiger partial charge on any atom is -0.299 e. The van der Waals surface area contributed by atoms with E-state index in [1.54, 1.807) is 12.4 Å². The van der Waals surface area contributed by atoms with Crippen LogP contribution in [-0.2, 0) is 11.2 Å². The zero-order valence-electron chi connectivity index (χ0n) is 8.86. The van der Waals surface area contributed by atoms with Gasteiger partial charge in [-0.25, -0.2) is 0 Å². The Balaban J connectivity index is 2.35. The van der Waals surface area contributed by atoms with Crippen LogP contribution in [0.4, 0.5) is 0 Å². The van der Waals surface area contributed by atoms with Crippen molar-refractivity contribution in [3.8, 4) is 0 Å². The standard InChI is InChI=1S/C12H17NO/c1-10(2)5-6-12(14)8-11-4-3-7-13-9-11/h3-4,7,9-10H,5-6,8H2,1-2H3. The molecular formula is C12H17NO. The van der Waals surface area contributed by atoms with E-state index >= 15 is 0 Å². The maximum absolute atomic E-state index is 11.5. The molecule has 0 amide bonds. The fraction of sp³-hybridized carbons (Fsp3) is 0.500. The predicted octanol–water partition coefficient (Wildman–Crippen LogP) is 2.63. The summed E-state index contributed by atoms with van der Waals surface area (Å²) in [5, 5.41) is 0. The Kier molecular flexibility index (Phi) is 4.30. The molecule has 0 aliphatic carbocycles. The van der Waals surface area contributed by atoms with Gasteiger partial charge in [0.2, 0.25) is 0 Å². The van der Waals surface area contributed by atoms with Crippen LogP contribution in [0.15, 0.2) is 24.5 Å². The third-order valence-electron chi connectivity index (χ3n) is 2.12. The Morgan fingerprint density at radius 2 is 2.29 bits per heavy atom. The molecule has 0 saturated heterocycles. The molecule has 0 bridgehead atoms. The molecule has 0 aromatic carbocycles. The molecular weight excluding hydrogens is 174 g/mol. The summed E-state index contributed by atoms with van der Waals surface area (Å²) in [5.41, 5.74) is 1.02. The average Bonchev–Trinajstić information content (AvgIpc) is 2.16. The zero-order chi connectivity index (χ0) is 10.4. The summed E-state index contributed by atoms with van der Waals surface area (Å²) in [6.45, 7) is 4.27. The van der Waals surface area contributed by atoms with E-state index in [0.29, 0.717) is 24.5 Å². The summed E-state index contributed by atoms with van der Waals surface area (Å²) in [6, 6.07) is 3.81. The fourth-order valence-corrected chi connectivity index (χ4v) is 1.27. The van der Waals surface area contributed by atoms with Crippen LogP contribution in [0.2, 0.25) is 0 Å². The van der Waals surface area contributed by atoms with Gasteiger partial charge < -0.3 is 0 Å². The minimum atomic E-state index is 0.312. The van der Waals surface area contributed by atoms with Gasteiger partial charge in [0.1, 0.15) is 5.78 Å². The first-order chi connectivity index (χ1) is 6.68. The molecule has 0 N–H and O–H groups in total. The van der Waals surface area contributed by atoms with E-state index in [1.807, 2.05) is 12.1 Å². The average molecular weight is 191 g/mol. The second-order valence-electron chi connectivity index (χ2n) is 4.01. The first-order valence-corrected chi connectivity index (χ1v) is 5.09. The molecule has 2 heteroatoms. The van der Waals surface area contributed by atoms with Gasteiger partial charge in [-0.15, -0.1) is 0 Å². The Labute approximate surface area is 85.4 Å². The molecule has 1 rings (SSSR count). The fourth-order valence-electron chi connectivity index (χ4n) is 1.27. The van der Waals surface area contributed by atoms with E-state index in [9.17, 15) is 4.79 Å². The van der Waals surface area contributed by atoms with Crippen LogP contribution in [-0.4, -0.2) is 10.8 Å². The lowest BCUT2D eigenvalue weighted by atomic mass is 10.0. The van der Waals surface area contributed by atoms with E-state index in [-0.39, 0.29) is 0 Å². The van der Waals surface area contributed by atoms with Gasteiger partial charge in [0.25, 0.3) is 0 Å². The molecule has 14 heavy (non-hydrogen) atoms. The summed E-state index contributed by atoms with van der Waals surface area (Å²) in [6.07, 6.45) is 5.68. The quantitative estimate of drug-likeness (QED) is 0.716. The van der Waals surface area contributed by atoms with Crippen molar-refractivity contribution in [1.82, 2.24) is 4.98 Å². The number of rotatable bonds is 5. The van der Waals surface area contributed by atoms with Crippen molar-refractivity contribution in [3.05, 3.63) is 30.1 Å². The van der Waals surface area contributed by atoms with Gasteiger partial charge >= 0.3 is 0 Å². The highest BCUT2D eigenvalue weighted by Crippen LogP contribution is 2.07. The van der Waals surface area contributed by atoms with Crippen molar-refractivity contribution >= 4 is 5.78 Å². The minimum absolute atomic E-state index is 0.312. The van der Waals surface area contributed by atoms with Gasteiger partial charge in [0.05, 0.1) is 0 Å². The molecule has 0 saturated carbocycles. The molecule has 2 nitrogen and oxygen atoms in total. The number of pyridine rings is 1. The third kappa shape index (κ3) is 4.17.